The summed E-state index contributed by atoms with van der Waals surface area (Å²) in [6.45, 7) is 9.65. The number of alkyl halides is 3. The Labute approximate surface area is 175 Å². The molecular weight excluding hydrogens is 393 g/mol. The van der Waals surface area contributed by atoms with Gasteiger partial charge in [-0.1, -0.05) is 23.8 Å². The van der Waals surface area contributed by atoms with E-state index in [-0.39, 0.29) is 6.61 Å². The second kappa shape index (κ2) is 9.27. The van der Waals surface area contributed by atoms with Crippen molar-refractivity contribution >= 4 is 5.69 Å². The van der Waals surface area contributed by atoms with Gasteiger partial charge in [-0.2, -0.15) is 13.2 Å². The van der Waals surface area contributed by atoms with Gasteiger partial charge in [0.15, 0.2) is 0 Å². The molecule has 30 heavy (non-hydrogen) atoms. The fraction of sp³-hybridized carbons (Fsp3) is 0.478. The number of hydrogen-bond donors (Lipinski definition) is 2. The van der Waals surface area contributed by atoms with Gasteiger partial charge in [-0.3, -0.25) is 0 Å². The number of aliphatic hydroxyl groups is 1. The zero-order chi connectivity index (χ0) is 21.9. The van der Waals surface area contributed by atoms with Crippen LogP contribution in [0, 0.1) is 20.8 Å². The van der Waals surface area contributed by atoms with Gasteiger partial charge in [-0.15, -0.1) is 0 Å². The molecule has 0 radical (unpaired) electrons. The van der Waals surface area contributed by atoms with Crippen LogP contribution in [0.5, 0.6) is 5.75 Å². The summed E-state index contributed by atoms with van der Waals surface area (Å²) in [6, 6.07) is 9.60. The number of rotatable bonds is 6. The second-order valence-corrected chi connectivity index (χ2v) is 8.18. The number of aryl methyl sites for hydroxylation is 3. The Morgan fingerprint density at radius 3 is 2.30 bits per heavy atom. The van der Waals surface area contributed by atoms with Gasteiger partial charge < -0.3 is 19.6 Å². The maximum atomic E-state index is 12.9. The first-order valence-corrected chi connectivity index (χ1v) is 10.3. The first-order valence-electron chi connectivity index (χ1n) is 10.3. The molecule has 1 saturated heterocycles. The monoisotopic (exact) mass is 423 g/mol. The van der Waals surface area contributed by atoms with E-state index >= 15 is 0 Å². The summed E-state index contributed by atoms with van der Waals surface area (Å²) in [7, 11) is 0. The molecule has 7 heteroatoms. The van der Waals surface area contributed by atoms with Gasteiger partial charge in [0, 0.05) is 5.69 Å². The van der Waals surface area contributed by atoms with Gasteiger partial charge in [-0.05, 0) is 50.1 Å². The number of quaternary nitrogens is 1. The number of benzene rings is 2. The Hall–Kier alpha value is -2.25. The number of aliphatic hydroxyl groups excluding tert-OH is 1. The Balaban J connectivity index is 1.49. The zero-order valence-electron chi connectivity index (χ0n) is 17.7. The molecule has 0 saturated carbocycles. The van der Waals surface area contributed by atoms with Crippen LogP contribution < -0.4 is 14.5 Å². The van der Waals surface area contributed by atoms with E-state index < -0.39 is 17.8 Å². The normalized spacial score (nSPS) is 16.6. The third kappa shape index (κ3) is 5.67. The highest BCUT2D eigenvalue weighted by Gasteiger charge is 2.31. The summed E-state index contributed by atoms with van der Waals surface area (Å²) in [5.41, 5.74) is 3.27. The summed E-state index contributed by atoms with van der Waals surface area (Å²) in [6.07, 6.45) is -4.93. The van der Waals surface area contributed by atoms with Crippen LogP contribution in [0.2, 0.25) is 0 Å². The molecule has 3 rings (SSSR count). The molecule has 164 valence electrons. The van der Waals surface area contributed by atoms with Crippen LogP contribution in [0.15, 0.2) is 36.4 Å². The molecular formula is C23H30F3N2O2+. The van der Waals surface area contributed by atoms with E-state index in [1.165, 1.54) is 22.6 Å². The molecule has 0 aromatic heterocycles. The highest BCUT2D eigenvalue weighted by Crippen LogP contribution is 2.31. The Kier molecular flexibility index (Phi) is 6.93. The molecule has 1 atom stereocenters. The van der Waals surface area contributed by atoms with Crippen molar-refractivity contribution in [3.05, 3.63) is 58.7 Å². The Morgan fingerprint density at radius 2 is 1.70 bits per heavy atom. The average Bonchev–Trinajstić information content (AvgIpc) is 2.67. The van der Waals surface area contributed by atoms with E-state index in [9.17, 15) is 18.3 Å². The fourth-order valence-corrected chi connectivity index (χ4v) is 4.13. The minimum absolute atomic E-state index is 0.228. The van der Waals surface area contributed by atoms with Crippen LogP contribution in [0.4, 0.5) is 18.9 Å². The molecule has 1 aliphatic rings. The summed E-state index contributed by atoms with van der Waals surface area (Å²) < 4.78 is 44.7. The molecule has 4 nitrogen and oxygen atoms in total. The van der Waals surface area contributed by atoms with Crippen molar-refractivity contribution in [1.29, 1.82) is 0 Å². The summed E-state index contributed by atoms with van der Waals surface area (Å²) >= 11 is 0. The molecule has 0 bridgehead atoms. The number of anilines is 1. The number of nitrogens with zero attached hydrogens (tertiary/aromatic N) is 1. The highest BCUT2D eigenvalue weighted by molar-refractivity contribution is 5.49. The van der Waals surface area contributed by atoms with E-state index in [1.807, 2.05) is 25.7 Å². The molecule has 1 aliphatic heterocycles. The van der Waals surface area contributed by atoms with Gasteiger partial charge >= 0.3 is 6.18 Å². The number of ether oxygens (including phenoxy) is 1. The quantitative estimate of drug-likeness (QED) is 0.750. The number of hydrogen-bond acceptors (Lipinski definition) is 3. The van der Waals surface area contributed by atoms with Crippen molar-refractivity contribution in [1.82, 2.24) is 0 Å². The SMILES string of the molecule is Cc1cc(C)c(OC[C@@H](O)C[NH+]2CCN(c3cccc(C(F)(F)F)c3)CC2)c(C)c1. The predicted octanol–water partition coefficient (Wildman–Crippen LogP) is 2.78. The van der Waals surface area contributed by atoms with Gasteiger partial charge in [0.25, 0.3) is 0 Å². The van der Waals surface area contributed by atoms with Crippen molar-refractivity contribution in [2.24, 2.45) is 0 Å². The number of halogens is 3. The number of nitrogens with one attached hydrogen (secondary N) is 1. The first-order chi connectivity index (χ1) is 14.1. The lowest BCUT2D eigenvalue weighted by molar-refractivity contribution is -0.903. The van der Waals surface area contributed by atoms with Crippen LogP contribution in [-0.2, 0) is 6.18 Å². The molecule has 0 aliphatic carbocycles. The van der Waals surface area contributed by atoms with Gasteiger partial charge in [0.2, 0.25) is 0 Å². The van der Waals surface area contributed by atoms with Crippen LogP contribution in [0.3, 0.4) is 0 Å². The first kappa shape index (κ1) is 22.4. The van der Waals surface area contributed by atoms with Crippen molar-refractivity contribution in [2.75, 3.05) is 44.2 Å². The Morgan fingerprint density at radius 1 is 1.07 bits per heavy atom. The van der Waals surface area contributed by atoms with Crippen molar-refractivity contribution in [2.45, 2.75) is 33.1 Å². The highest BCUT2D eigenvalue weighted by atomic mass is 19.4. The number of piperazine rings is 1. The summed E-state index contributed by atoms with van der Waals surface area (Å²) in [5, 5.41) is 10.4. The summed E-state index contributed by atoms with van der Waals surface area (Å²) in [5.74, 6) is 0.823. The van der Waals surface area contributed by atoms with Crippen LogP contribution in [0.1, 0.15) is 22.3 Å². The minimum Gasteiger partial charge on any atom is -0.490 e. The van der Waals surface area contributed by atoms with Gasteiger partial charge in [-0.25, -0.2) is 0 Å². The lowest BCUT2D eigenvalue weighted by atomic mass is 10.1. The lowest BCUT2D eigenvalue weighted by Crippen LogP contribution is -3.16. The second-order valence-electron chi connectivity index (χ2n) is 8.18. The van der Waals surface area contributed by atoms with E-state index in [0.29, 0.717) is 25.3 Å². The maximum Gasteiger partial charge on any atom is 0.416 e. The molecule has 0 amide bonds. The molecule has 0 unspecified atom stereocenters. The zero-order valence-corrected chi connectivity index (χ0v) is 17.7. The van der Waals surface area contributed by atoms with Crippen molar-refractivity contribution in [3.63, 3.8) is 0 Å². The van der Waals surface area contributed by atoms with E-state index in [2.05, 4.69) is 12.1 Å². The van der Waals surface area contributed by atoms with Crippen molar-refractivity contribution < 1.29 is 27.9 Å². The largest absolute Gasteiger partial charge is 0.490 e. The molecule has 1 heterocycles. The molecule has 1 fully saturated rings. The van der Waals surface area contributed by atoms with E-state index in [1.54, 1.807) is 6.07 Å². The van der Waals surface area contributed by atoms with Gasteiger partial charge in [0.05, 0.1) is 31.7 Å². The fourth-order valence-electron chi connectivity index (χ4n) is 4.13. The van der Waals surface area contributed by atoms with E-state index in [0.717, 1.165) is 36.0 Å². The van der Waals surface area contributed by atoms with E-state index in [4.69, 9.17) is 4.74 Å². The standard InChI is InChI=1S/C23H29F3N2O2/c1-16-11-17(2)22(18(3)12-16)30-15-21(29)14-27-7-9-28(10-8-27)20-6-4-5-19(13-20)23(24,25)26/h4-6,11-13,21,29H,7-10,14-15H2,1-3H3/p+1/t21-/m0/s1. The molecule has 2 aromatic rings. The minimum atomic E-state index is -4.33. The third-order valence-electron chi connectivity index (χ3n) is 5.56. The third-order valence-corrected chi connectivity index (χ3v) is 5.56. The van der Waals surface area contributed by atoms with Crippen molar-refractivity contribution in [3.8, 4) is 5.75 Å². The Bertz CT molecular complexity index is 839. The topological polar surface area (TPSA) is 37.1 Å². The van der Waals surface area contributed by atoms with Crippen LogP contribution in [-0.4, -0.2) is 50.5 Å². The molecule has 0 spiro atoms. The molecule has 2 N–H and O–H groups in total. The smallest absolute Gasteiger partial charge is 0.416 e. The predicted molar refractivity (Wildman–Crippen MR) is 111 cm³/mol. The maximum absolute atomic E-state index is 12.9. The van der Waals surface area contributed by atoms with Gasteiger partial charge in [0.1, 0.15) is 25.0 Å². The lowest BCUT2D eigenvalue weighted by Gasteiger charge is -2.34. The molecule has 2 aromatic carbocycles. The van der Waals surface area contributed by atoms with Crippen LogP contribution >= 0.6 is 0 Å². The average molecular weight is 423 g/mol. The summed E-state index contributed by atoms with van der Waals surface area (Å²) in [4.78, 5) is 3.20. The van der Waals surface area contributed by atoms with Crippen LogP contribution in [0.25, 0.3) is 0 Å².